The molecule has 0 radical (unpaired) electrons. The number of guanidine groups is 1. The van der Waals surface area contributed by atoms with Gasteiger partial charge in [-0.05, 0) is 19.1 Å². The molecular formula is C16H27IN6O. The predicted molar refractivity (Wildman–Crippen MR) is 106 cm³/mol. The van der Waals surface area contributed by atoms with Gasteiger partial charge in [0.05, 0.1) is 0 Å². The number of aromatic nitrogens is 3. The third-order valence-electron chi connectivity index (χ3n) is 3.16. The highest BCUT2D eigenvalue weighted by atomic mass is 127. The molecule has 2 heterocycles. The third-order valence-corrected chi connectivity index (χ3v) is 3.16. The first-order valence-electron chi connectivity index (χ1n) is 7.95. The molecule has 24 heavy (non-hydrogen) atoms. The van der Waals surface area contributed by atoms with E-state index < -0.39 is 0 Å². The lowest BCUT2D eigenvalue weighted by Gasteiger charge is -2.11. The zero-order valence-corrected chi connectivity index (χ0v) is 17.1. The molecule has 2 aromatic rings. The van der Waals surface area contributed by atoms with E-state index in [2.05, 4.69) is 30.3 Å². The lowest BCUT2D eigenvalue weighted by atomic mass is 9.97. The van der Waals surface area contributed by atoms with Crippen LogP contribution in [-0.2, 0) is 18.5 Å². The number of rotatable bonds is 6. The maximum atomic E-state index is 5.28. The molecule has 0 unspecified atom stereocenters. The normalized spacial score (nSPS) is 11.9. The summed E-state index contributed by atoms with van der Waals surface area (Å²) < 4.78 is 7.39. The van der Waals surface area contributed by atoms with Crippen LogP contribution in [-0.4, -0.2) is 33.8 Å². The van der Waals surface area contributed by atoms with Gasteiger partial charge in [-0.1, -0.05) is 25.9 Å². The minimum absolute atomic E-state index is 0. The highest BCUT2D eigenvalue weighted by Gasteiger charge is 2.21. The summed E-state index contributed by atoms with van der Waals surface area (Å²) >= 11 is 0. The summed E-state index contributed by atoms with van der Waals surface area (Å²) in [6, 6.07) is 4.03. The Hall–Kier alpha value is -1.58. The molecule has 0 aromatic carbocycles. The van der Waals surface area contributed by atoms with Crippen molar-refractivity contribution in [2.75, 3.05) is 13.1 Å². The van der Waals surface area contributed by atoms with Crippen molar-refractivity contribution in [2.45, 2.75) is 46.2 Å². The molecule has 2 rings (SSSR count). The fraction of sp³-hybridized carbons (Fsp3) is 0.562. The van der Waals surface area contributed by atoms with Gasteiger partial charge in [0.15, 0.2) is 11.8 Å². The second-order valence-electron chi connectivity index (χ2n) is 6.31. The smallest absolute Gasteiger partial charge is 0.232 e. The van der Waals surface area contributed by atoms with E-state index in [1.807, 2.05) is 52.2 Å². The van der Waals surface area contributed by atoms with Crippen LogP contribution < -0.4 is 10.6 Å². The number of aliphatic imine (C=N–C) groups is 1. The molecule has 2 aromatic heterocycles. The number of hydrogen-bond acceptors (Lipinski definition) is 4. The highest BCUT2D eigenvalue weighted by Crippen LogP contribution is 2.19. The van der Waals surface area contributed by atoms with Crippen molar-refractivity contribution in [1.82, 2.24) is 25.3 Å². The number of hydrogen-bond donors (Lipinski definition) is 2. The van der Waals surface area contributed by atoms with Gasteiger partial charge in [0, 0.05) is 37.4 Å². The lowest BCUT2D eigenvalue weighted by molar-refractivity contribution is 0.318. The van der Waals surface area contributed by atoms with Crippen molar-refractivity contribution in [3.63, 3.8) is 0 Å². The van der Waals surface area contributed by atoms with Crippen LogP contribution in [0, 0.1) is 0 Å². The average Bonchev–Trinajstić information content (AvgIpc) is 3.15. The van der Waals surface area contributed by atoms with E-state index >= 15 is 0 Å². The van der Waals surface area contributed by atoms with Gasteiger partial charge in [0.2, 0.25) is 5.89 Å². The molecule has 0 saturated heterocycles. The Balaban J connectivity index is 0.00000288. The van der Waals surface area contributed by atoms with Crippen LogP contribution in [0.1, 0.15) is 39.4 Å². The van der Waals surface area contributed by atoms with Gasteiger partial charge in [-0.3, -0.25) is 0 Å². The summed E-state index contributed by atoms with van der Waals surface area (Å²) in [7, 11) is 0. The molecule has 8 heteroatoms. The number of nitrogens with one attached hydrogen (secondary N) is 2. The van der Waals surface area contributed by atoms with Crippen molar-refractivity contribution < 1.29 is 4.52 Å². The van der Waals surface area contributed by atoms with Gasteiger partial charge in [0.25, 0.3) is 0 Å². The zero-order chi connectivity index (χ0) is 16.7. The fourth-order valence-electron chi connectivity index (χ4n) is 1.94. The van der Waals surface area contributed by atoms with E-state index in [0.717, 1.165) is 25.6 Å². The van der Waals surface area contributed by atoms with Crippen LogP contribution in [0.15, 0.2) is 34.0 Å². The molecule has 0 aliphatic carbocycles. The monoisotopic (exact) mass is 446 g/mol. The second-order valence-corrected chi connectivity index (χ2v) is 6.31. The first-order chi connectivity index (χ1) is 11.0. The van der Waals surface area contributed by atoms with E-state index in [4.69, 9.17) is 4.52 Å². The summed E-state index contributed by atoms with van der Waals surface area (Å²) in [5.74, 6) is 1.98. The minimum atomic E-state index is -0.144. The van der Waals surface area contributed by atoms with Crippen molar-refractivity contribution in [3.8, 4) is 0 Å². The van der Waals surface area contributed by atoms with Crippen molar-refractivity contribution in [3.05, 3.63) is 36.2 Å². The molecular weight excluding hydrogens is 419 g/mol. The summed E-state index contributed by atoms with van der Waals surface area (Å²) in [6.07, 6.45) is 4.08. The Morgan fingerprint density at radius 2 is 1.96 bits per heavy atom. The van der Waals surface area contributed by atoms with E-state index in [9.17, 15) is 0 Å². The Bertz CT molecular complexity index is 615. The number of nitrogens with zero attached hydrogens (tertiary/aromatic N) is 4. The van der Waals surface area contributed by atoms with Crippen molar-refractivity contribution >= 4 is 29.9 Å². The average molecular weight is 446 g/mol. The molecule has 134 valence electrons. The predicted octanol–water partition coefficient (Wildman–Crippen LogP) is 2.54. The van der Waals surface area contributed by atoms with Crippen LogP contribution >= 0.6 is 24.0 Å². The number of halogens is 1. The second kappa shape index (κ2) is 9.65. The Morgan fingerprint density at radius 3 is 2.54 bits per heavy atom. The van der Waals surface area contributed by atoms with Crippen LogP contribution in [0.2, 0.25) is 0 Å². The van der Waals surface area contributed by atoms with E-state index in [-0.39, 0.29) is 29.4 Å². The van der Waals surface area contributed by atoms with Crippen LogP contribution in [0.4, 0.5) is 0 Å². The van der Waals surface area contributed by atoms with Crippen molar-refractivity contribution in [2.24, 2.45) is 4.99 Å². The highest BCUT2D eigenvalue weighted by molar-refractivity contribution is 14.0. The molecule has 0 spiro atoms. The van der Waals surface area contributed by atoms with Gasteiger partial charge in [-0.25, -0.2) is 4.99 Å². The molecule has 0 atom stereocenters. The molecule has 2 N–H and O–H groups in total. The molecule has 0 amide bonds. The van der Waals surface area contributed by atoms with Crippen LogP contribution in [0.25, 0.3) is 0 Å². The summed E-state index contributed by atoms with van der Waals surface area (Å²) in [4.78, 5) is 8.89. The molecule has 0 saturated carbocycles. The first kappa shape index (κ1) is 20.5. The Labute approximate surface area is 160 Å². The topological polar surface area (TPSA) is 80.3 Å². The SMILES string of the molecule is CCNC(=NCc1noc(C(C)(C)C)n1)NCCn1cccc1.I. The van der Waals surface area contributed by atoms with Crippen LogP contribution in [0.5, 0.6) is 0 Å². The van der Waals surface area contributed by atoms with E-state index in [0.29, 0.717) is 18.3 Å². The molecule has 0 aliphatic rings. The molecule has 0 fully saturated rings. The maximum Gasteiger partial charge on any atom is 0.232 e. The van der Waals surface area contributed by atoms with Crippen LogP contribution in [0.3, 0.4) is 0 Å². The molecule has 7 nitrogen and oxygen atoms in total. The molecule has 0 aliphatic heterocycles. The lowest BCUT2D eigenvalue weighted by Crippen LogP contribution is -2.38. The standard InChI is InChI=1S/C16H26N6O.HI/c1-5-17-15(18-8-11-22-9-6-7-10-22)19-12-13-20-14(23-21-13)16(2,3)4;/h6-7,9-10H,5,8,11-12H2,1-4H3,(H2,17,18,19);1H. The fourth-order valence-corrected chi connectivity index (χ4v) is 1.94. The van der Waals surface area contributed by atoms with E-state index in [1.165, 1.54) is 0 Å². The third kappa shape index (κ3) is 6.50. The summed E-state index contributed by atoms with van der Waals surface area (Å²) in [6.45, 7) is 11.0. The zero-order valence-electron chi connectivity index (χ0n) is 14.7. The first-order valence-corrected chi connectivity index (χ1v) is 7.95. The van der Waals surface area contributed by atoms with Gasteiger partial charge in [-0.2, -0.15) is 4.98 Å². The summed E-state index contributed by atoms with van der Waals surface area (Å²) in [5.41, 5.74) is -0.144. The minimum Gasteiger partial charge on any atom is -0.357 e. The largest absolute Gasteiger partial charge is 0.357 e. The summed E-state index contributed by atoms with van der Waals surface area (Å²) in [5, 5.41) is 10.5. The Morgan fingerprint density at radius 1 is 1.25 bits per heavy atom. The van der Waals surface area contributed by atoms with Crippen molar-refractivity contribution in [1.29, 1.82) is 0 Å². The van der Waals surface area contributed by atoms with Gasteiger partial charge in [0.1, 0.15) is 6.54 Å². The van der Waals surface area contributed by atoms with Gasteiger partial charge < -0.3 is 19.7 Å². The quantitative estimate of drug-likeness (QED) is 0.405. The van der Waals surface area contributed by atoms with Gasteiger partial charge in [-0.15, -0.1) is 24.0 Å². The maximum absolute atomic E-state index is 5.28. The Kier molecular flexibility index (Phi) is 8.23. The van der Waals surface area contributed by atoms with Gasteiger partial charge >= 0.3 is 0 Å². The molecule has 0 bridgehead atoms. The van der Waals surface area contributed by atoms with E-state index in [1.54, 1.807) is 0 Å².